The molecule has 1 nitrogen and oxygen atoms in total. The number of rotatable bonds is 4. The fraction of sp³-hybridized carbons (Fsp3) is 0.0698. The van der Waals surface area contributed by atoms with Gasteiger partial charge in [-0.3, -0.25) is 0 Å². The first-order chi connectivity index (χ1) is 22.1. The number of hydrogen-bond donors (Lipinski definition) is 0. The lowest BCUT2D eigenvalue weighted by Gasteiger charge is -2.27. The zero-order valence-electron chi connectivity index (χ0n) is 25.3. The van der Waals surface area contributed by atoms with E-state index >= 15 is 0 Å². The molecule has 9 rings (SSSR count). The van der Waals surface area contributed by atoms with Crippen molar-refractivity contribution in [3.05, 3.63) is 163 Å². The lowest BCUT2D eigenvalue weighted by atomic mass is 9.80. The predicted octanol–water partition coefficient (Wildman–Crippen LogP) is 12.7. The Balaban J connectivity index is 1.22. The fourth-order valence-electron chi connectivity index (χ4n) is 7.49. The van der Waals surface area contributed by atoms with Gasteiger partial charge in [0.05, 0.1) is 0 Å². The molecule has 0 amide bonds. The Bertz CT molecular complexity index is 2400. The largest absolute Gasteiger partial charge is 0.310 e. The van der Waals surface area contributed by atoms with Crippen molar-refractivity contribution in [3.8, 4) is 22.3 Å². The first kappa shape index (κ1) is 26.2. The Morgan fingerprint density at radius 2 is 1.13 bits per heavy atom. The highest BCUT2D eigenvalue weighted by Gasteiger charge is 2.36. The second kappa shape index (κ2) is 9.92. The summed E-state index contributed by atoms with van der Waals surface area (Å²) in [5, 5.41) is 5.21. The third-order valence-corrected chi connectivity index (χ3v) is 10.8. The maximum atomic E-state index is 2.41. The van der Waals surface area contributed by atoms with E-state index in [1.165, 1.54) is 64.3 Å². The van der Waals surface area contributed by atoms with Gasteiger partial charge in [-0.15, -0.1) is 11.3 Å². The van der Waals surface area contributed by atoms with Gasteiger partial charge in [0, 0.05) is 42.6 Å². The van der Waals surface area contributed by atoms with E-state index in [2.05, 4.69) is 170 Å². The smallest absolute Gasteiger partial charge is 0.0468 e. The standard InChI is InChI=1S/C43H31NS/c1-43(2)39-14-8-6-12-35(39)37-23-18-30-26-32(21-24-34(30)42(37)43)44(31-19-16-29(17-20-31)28-10-4-3-5-11-28)33-22-25-41-38(27-33)36-13-7-9-15-40(36)45-41/h3-27H,1-2H3. The van der Waals surface area contributed by atoms with E-state index in [0.717, 1.165) is 17.1 Å². The van der Waals surface area contributed by atoms with Gasteiger partial charge in [-0.05, 0) is 92.7 Å². The van der Waals surface area contributed by atoms with Crippen LogP contribution >= 0.6 is 11.3 Å². The highest BCUT2D eigenvalue weighted by Crippen LogP contribution is 2.52. The van der Waals surface area contributed by atoms with Crippen molar-refractivity contribution < 1.29 is 0 Å². The van der Waals surface area contributed by atoms with E-state index in [4.69, 9.17) is 0 Å². The van der Waals surface area contributed by atoms with Gasteiger partial charge in [0.15, 0.2) is 0 Å². The van der Waals surface area contributed by atoms with Crippen LogP contribution in [0.3, 0.4) is 0 Å². The summed E-state index contributed by atoms with van der Waals surface area (Å²) < 4.78 is 2.64. The van der Waals surface area contributed by atoms with E-state index in [1.54, 1.807) is 0 Å². The maximum Gasteiger partial charge on any atom is 0.0468 e. The molecule has 1 aliphatic carbocycles. The van der Waals surface area contributed by atoms with Gasteiger partial charge < -0.3 is 4.90 Å². The summed E-state index contributed by atoms with van der Waals surface area (Å²) in [5.74, 6) is 0. The Hall–Kier alpha value is -5.18. The van der Waals surface area contributed by atoms with Gasteiger partial charge in [0.25, 0.3) is 0 Å². The molecule has 0 unspecified atom stereocenters. The number of anilines is 3. The van der Waals surface area contributed by atoms with Gasteiger partial charge in [-0.2, -0.15) is 0 Å². The zero-order chi connectivity index (χ0) is 30.1. The van der Waals surface area contributed by atoms with Crippen LogP contribution in [0.2, 0.25) is 0 Å². The van der Waals surface area contributed by atoms with Crippen molar-refractivity contribution >= 4 is 59.3 Å². The number of hydrogen-bond acceptors (Lipinski definition) is 2. The number of thiophene rings is 1. The Labute approximate surface area is 267 Å². The minimum Gasteiger partial charge on any atom is -0.310 e. The molecule has 0 aliphatic heterocycles. The van der Waals surface area contributed by atoms with E-state index < -0.39 is 0 Å². The van der Waals surface area contributed by atoms with Crippen LogP contribution in [-0.2, 0) is 5.41 Å². The molecule has 0 atom stereocenters. The molecule has 0 fully saturated rings. The molecule has 2 heteroatoms. The van der Waals surface area contributed by atoms with Crippen molar-refractivity contribution in [3.63, 3.8) is 0 Å². The predicted molar refractivity (Wildman–Crippen MR) is 195 cm³/mol. The molecule has 214 valence electrons. The first-order valence-electron chi connectivity index (χ1n) is 15.6. The van der Waals surface area contributed by atoms with Crippen molar-refractivity contribution in [1.29, 1.82) is 0 Å². The minimum atomic E-state index is -0.0506. The molecular formula is C43H31NS. The number of nitrogens with zero attached hydrogens (tertiary/aromatic N) is 1. The molecule has 1 aliphatic rings. The SMILES string of the molecule is CC1(C)c2ccccc2-c2ccc3cc(N(c4ccc(-c5ccccc5)cc4)c4ccc5sc6ccccc6c5c4)ccc3c21. The van der Waals surface area contributed by atoms with Crippen molar-refractivity contribution in [1.82, 2.24) is 0 Å². The second-order valence-electron chi connectivity index (χ2n) is 12.6. The molecule has 0 saturated carbocycles. The summed E-state index contributed by atoms with van der Waals surface area (Å²) in [5.41, 5.74) is 11.4. The van der Waals surface area contributed by atoms with Crippen LogP contribution in [0.5, 0.6) is 0 Å². The van der Waals surface area contributed by atoms with Gasteiger partial charge in [0.1, 0.15) is 0 Å². The van der Waals surface area contributed by atoms with Crippen LogP contribution in [0.4, 0.5) is 17.1 Å². The van der Waals surface area contributed by atoms with E-state index in [1.807, 2.05) is 11.3 Å². The second-order valence-corrected chi connectivity index (χ2v) is 13.7. The Kier molecular flexibility index (Phi) is 5.78. The van der Waals surface area contributed by atoms with Crippen LogP contribution < -0.4 is 4.90 Å². The lowest BCUT2D eigenvalue weighted by molar-refractivity contribution is 0.666. The highest BCUT2D eigenvalue weighted by atomic mass is 32.1. The summed E-state index contributed by atoms with van der Waals surface area (Å²) in [6.45, 7) is 4.73. The minimum absolute atomic E-state index is 0.0506. The van der Waals surface area contributed by atoms with Gasteiger partial charge >= 0.3 is 0 Å². The topological polar surface area (TPSA) is 3.24 Å². The van der Waals surface area contributed by atoms with E-state index in [0.29, 0.717) is 0 Å². The van der Waals surface area contributed by atoms with Crippen LogP contribution in [0.1, 0.15) is 25.0 Å². The third kappa shape index (κ3) is 4.06. The van der Waals surface area contributed by atoms with Crippen LogP contribution in [0.15, 0.2) is 152 Å². The molecule has 0 N–H and O–H groups in total. The molecule has 7 aromatic carbocycles. The van der Waals surface area contributed by atoms with Gasteiger partial charge in [-0.25, -0.2) is 0 Å². The fourth-order valence-corrected chi connectivity index (χ4v) is 8.57. The molecule has 1 aromatic heterocycles. The average molecular weight is 594 g/mol. The summed E-state index contributed by atoms with van der Waals surface area (Å²) in [6.07, 6.45) is 0. The molecule has 0 spiro atoms. The van der Waals surface area contributed by atoms with Crippen LogP contribution in [0, 0.1) is 0 Å². The quantitative estimate of drug-likeness (QED) is 0.196. The molecule has 0 saturated heterocycles. The monoisotopic (exact) mass is 593 g/mol. The summed E-state index contributed by atoms with van der Waals surface area (Å²) in [4.78, 5) is 2.41. The summed E-state index contributed by atoms with van der Waals surface area (Å²) >= 11 is 1.86. The lowest BCUT2D eigenvalue weighted by Crippen LogP contribution is -2.15. The van der Waals surface area contributed by atoms with E-state index in [9.17, 15) is 0 Å². The molecular weight excluding hydrogens is 563 g/mol. The number of fused-ring (bicyclic) bond motifs is 8. The van der Waals surface area contributed by atoms with Gasteiger partial charge in [0.2, 0.25) is 0 Å². The maximum absolute atomic E-state index is 2.41. The van der Waals surface area contributed by atoms with Crippen molar-refractivity contribution in [2.24, 2.45) is 0 Å². The number of benzene rings is 7. The van der Waals surface area contributed by atoms with Crippen LogP contribution in [-0.4, -0.2) is 0 Å². The molecule has 0 radical (unpaired) electrons. The highest BCUT2D eigenvalue weighted by molar-refractivity contribution is 7.25. The van der Waals surface area contributed by atoms with Crippen molar-refractivity contribution in [2.45, 2.75) is 19.3 Å². The van der Waals surface area contributed by atoms with Crippen molar-refractivity contribution in [2.75, 3.05) is 4.90 Å². The molecule has 8 aromatic rings. The normalized spacial score (nSPS) is 13.3. The van der Waals surface area contributed by atoms with E-state index in [-0.39, 0.29) is 5.41 Å². The summed E-state index contributed by atoms with van der Waals surface area (Å²) in [7, 11) is 0. The molecule has 1 heterocycles. The Morgan fingerprint density at radius 1 is 0.467 bits per heavy atom. The van der Waals surface area contributed by atoms with Gasteiger partial charge in [-0.1, -0.05) is 117 Å². The zero-order valence-corrected chi connectivity index (χ0v) is 26.1. The van der Waals surface area contributed by atoms with Crippen LogP contribution in [0.25, 0.3) is 53.2 Å². The molecule has 45 heavy (non-hydrogen) atoms. The third-order valence-electron chi connectivity index (χ3n) is 9.63. The molecule has 0 bridgehead atoms. The summed E-state index contributed by atoms with van der Waals surface area (Å²) in [6, 6.07) is 55.8. The first-order valence-corrected chi connectivity index (χ1v) is 16.4. The average Bonchev–Trinajstić information content (AvgIpc) is 3.57. The Morgan fingerprint density at radius 3 is 2.00 bits per heavy atom.